The molecule has 24 heavy (non-hydrogen) atoms. The second-order valence-electron chi connectivity index (χ2n) is 4.94. The summed E-state index contributed by atoms with van der Waals surface area (Å²) in [4.78, 5) is 34.9. The predicted molar refractivity (Wildman–Crippen MR) is 90.3 cm³/mol. The minimum atomic E-state index is -0.547. The number of ketones is 1. The summed E-state index contributed by atoms with van der Waals surface area (Å²) in [6.45, 7) is 1.15. The molecule has 0 aliphatic rings. The Labute approximate surface area is 143 Å². The molecule has 0 radical (unpaired) electrons. The maximum Gasteiger partial charge on any atom is 0.316 e. The van der Waals surface area contributed by atoms with Crippen LogP contribution in [0, 0.1) is 17.0 Å². The van der Waals surface area contributed by atoms with E-state index in [2.05, 4.69) is 0 Å². The zero-order valence-corrected chi connectivity index (χ0v) is 13.7. The molecule has 7 heteroatoms. The molecule has 0 atom stereocenters. The molecule has 2 aromatic carbocycles. The number of carbonyl (C=O) groups excluding carboxylic acids is 2. The molecule has 6 nitrogen and oxygen atoms in total. The number of nitro benzene ring substituents is 1. The number of benzene rings is 2. The first-order valence-corrected chi connectivity index (χ1v) is 8.07. The number of esters is 1. The molecule has 0 fully saturated rings. The Morgan fingerprint density at radius 3 is 2.54 bits per heavy atom. The van der Waals surface area contributed by atoms with Gasteiger partial charge in [0.2, 0.25) is 5.78 Å². The first-order valence-electron chi connectivity index (χ1n) is 7.09. The zero-order chi connectivity index (χ0) is 17.5. The molecule has 0 aliphatic heterocycles. The fourth-order valence-electron chi connectivity index (χ4n) is 1.91. The Kier molecular flexibility index (Phi) is 6.08. The molecule has 0 N–H and O–H groups in total. The Morgan fingerprint density at radius 2 is 1.88 bits per heavy atom. The molecule has 0 aromatic heterocycles. The van der Waals surface area contributed by atoms with Crippen molar-refractivity contribution < 1.29 is 19.2 Å². The highest BCUT2D eigenvalue weighted by Gasteiger charge is 2.16. The second kappa shape index (κ2) is 8.26. The average Bonchev–Trinajstić information content (AvgIpc) is 2.59. The van der Waals surface area contributed by atoms with E-state index in [1.807, 2.05) is 30.3 Å². The number of ether oxygens (including phenoxy) is 1. The van der Waals surface area contributed by atoms with Gasteiger partial charge < -0.3 is 4.74 Å². The number of nitro groups is 1. The number of rotatable bonds is 7. The van der Waals surface area contributed by atoms with Gasteiger partial charge in [-0.3, -0.25) is 19.7 Å². The Morgan fingerprint density at radius 1 is 1.17 bits per heavy atom. The SMILES string of the molecule is Cc1ccc(C(=O)COC(=O)CSc2ccccc2)cc1[N+](=O)[O-]. The van der Waals surface area contributed by atoms with Crippen LogP contribution in [0.1, 0.15) is 15.9 Å². The van der Waals surface area contributed by atoms with Gasteiger partial charge in [-0.05, 0) is 19.1 Å². The van der Waals surface area contributed by atoms with E-state index in [0.29, 0.717) is 5.56 Å². The van der Waals surface area contributed by atoms with Crippen molar-refractivity contribution in [2.24, 2.45) is 0 Å². The van der Waals surface area contributed by atoms with Gasteiger partial charge in [0.25, 0.3) is 5.69 Å². The van der Waals surface area contributed by atoms with E-state index in [1.54, 1.807) is 6.92 Å². The minimum Gasteiger partial charge on any atom is -0.457 e. The van der Waals surface area contributed by atoms with Gasteiger partial charge >= 0.3 is 5.97 Å². The maximum atomic E-state index is 12.0. The molecule has 124 valence electrons. The van der Waals surface area contributed by atoms with Gasteiger partial charge in [-0.15, -0.1) is 11.8 Å². The van der Waals surface area contributed by atoms with Crippen LogP contribution in [0.5, 0.6) is 0 Å². The molecule has 0 spiro atoms. The third-order valence-corrected chi connectivity index (χ3v) is 4.18. The van der Waals surface area contributed by atoms with Crippen molar-refractivity contribution in [3.63, 3.8) is 0 Å². The van der Waals surface area contributed by atoms with E-state index in [1.165, 1.54) is 30.0 Å². The number of thioether (sulfide) groups is 1. The normalized spacial score (nSPS) is 10.2. The molecule has 0 bridgehead atoms. The van der Waals surface area contributed by atoms with E-state index in [9.17, 15) is 19.7 Å². The van der Waals surface area contributed by atoms with Crippen molar-refractivity contribution in [3.05, 3.63) is 69.8 Å². The predicted octanol–water partition coefficient (Wildman–Crippen LogP) is 3.42. The van der Waals surface area contributed by atoms with Crippen LogP contribution in [-0.2, 0) is 9.53 Å². The van der Waals surface area contributed by atoms with Crippen LogP contribution in [0.2, 0.25) is 0 Å². The van der Waals surface area contributed by atoms with Gasteiger partial charge in [0.05, 0.1) is 10.7 Å². The highest BCUT2D eigenvalue weighted by molar-refractivity contribution is 8.00. The highest BCUT2D eigenvalue weighted by atomic mass is 32.2. The summed E-state index contributed by atoms with van der Waals surface area (Å²) >= 11 is 1.31. The molecule has 0 aliphatic carbocycles. The van der Waals surface area contributed by atoms with E-state index in [0.717, 1.165) is 4.90 Å². The number of nitrogens with zero attached hydrogens (tertiary/aromatic N) is 1. The lowest BCUT2D eigenvalue weighted by Crippen LogP contribution is -2.15. The highest BCUT2D eigenvalue weighted by Crippen LogP contribution is 2.20. The Hall–Kier alpha value is -2.67. The van der Waals surface area contributed by atoms with Crippen molar-refractivity contribution in [1.29, 1.82) is 0 Å². The van der Waals surface area contributed by atoms with E-state index >= 15 is 0 Å². The number of carbonyl (C=O) groups is 2. The Balaban J connectivity index is 1.87. The summed E-state index contributed by atoms with van der Waals surface area (Å²) in [5.41, 5.74) is 0.482. The molecular formula is C17H15NO5S. The van der Waals surface area contributed by atoms with Crippen molar-refractivity contribution >= 4 is 29.2 Å². The number of hydrogen-bond donors (Lipinski definition) is 0. The van der Waals surface area contributed by atoms with Gasteiger partial charge in [-0.25, -0.2) is 0 Å². The fourth-order valence-corrected chi connectivity index (χ4v) is 2.63. The van der Waals surface area contributed by atoms with Gasteiger partial charge in [-0.2, -0.15) is 0 Å². The molecule has 2 rings (SSSR count). The third kappa shape index (κ3) is 4.92. The van der Waals surface area contributed by atoms with E-state index < -0.39 is 23.3 Å². The lowest BCUT2D eigenvalue weighted by molar-refractivity contribution is -0.385. The number of hydrogen-bond acceptors (Lipinski definition) is 6. The first-order chi connectivity index (χ1) is 11.5. The summed E-state index contributed by atoms with van der Waals surface area (Å²) in [6, 6.07) is 13.5. The quantitative estimate of drug-likeness (QED) is 0.251. The maximum absolute atomic E-state index is 12.0. The molecule has 0 unspecified atom stereocenters. The van der Waals surface area contributed by atoms with Crippen LogP contribution in [0.3, 0.4) is 0 Å². The molecule has 0 amide bonds. The van der Waals surface area contributed by atoms with Gasteiger partial charge in [0.1, 0.15) is 0 Å². The van der Waals surface area contributed by atoms with Crippen LogP contribution in [0.25, 0.3) is 0 Å². The standard InChI is InChI=1S/C17H15NO5S/c1-12-7-8-13(9-15(12)18(21)22)16(19)10-23-17(20)11-24-14-5-3-2-4-6-14/h2-9H,10-11H2,1H3. The summed E-state index contributed by atoms with van der Waals surface area (Å²) in [7, 11) is 0. The zero-order valence-electron chi connectivity index (χ0n) is 12.9. The molecule has 2 aromatic rings. The van der Waals surface area contributed by atoms with E-state index in [-0.39, 0.29) is 17.0 Å². The molecule has 0 saturated heterocycles. The smallest absolute Gasteiger partial charge is 0.316 e. The molecule has 0 heterocycles. The summed E-state index contributed by atoms with van der Waals surface area (Å²) < 4.78 is 4.93. The largest absolute Gasteiger partial charge is 0.457 e. The Bertz CT molecular complexity index is 761. The van der Waals surface area contributed by atoms with Crippen molar-refractivity contribution in [3.8, 4) is 0 Å². The van der Waals surface area contributed by atoms with Crippen molar-refractivity contribution in [2.75, 3.05) is 12.4 Å². The first kappa shape index (κ1) is 17.7. The summed E-state index contributed by atoms with van der Waals surface area (Å²) in [5, 5.41) is 10.9. The van der Waals surface area contributed by atoms with Gasteiger partial charge in [-0.1, -0.05) is 30.3 Å². The van der Waals surface area contributed by atoms with Crippen molar-refractivity contribution in [1.82, 2.24) is 0 Å². The molecule has 0 saturated carbocycles. The number of aryl methyl sites for hydroxylation is 1. The minimum absolute atomic E-state index is 0.0886. The van der Waals surface area contributed by atoms with Crippen LogP contribution >= 0.6 is 11.8 Å². The van der Waals surface area contributed by atoms with Crippen molar-refractivity contribution in [2.45, 2.75) is 11.8 Å². The monoisotopic (exact) mass is 345 g/mol. The lowest BCUT2D eigenvalue weighted by Gasteiger charge is -2.05. The second-order valence-corrected chi connectivity index (χ2v) is 5.99. The van der Waals surface area contributed by atoms with Crippen LogP contribution < -0.4 is 0 Å². The number of Topliss-reactive ketones (excluding diaryl/α,β-unsaturated/α-hetero) is 1. The lowest BCUT2D eigenvalue weighted by atomic mass is 10.1. The van der Waals surface area contributed by atoms with Crippen LogP contribution in [-0.4, -0.2) is 29.0 Å². The van der Waals surface area contributed by atoms with Gasteiger partial charge in [0, 0.05) is 22.1 Å². The third-order valence-electron chi connectivity index (χ3n) is 3.19. The average molecular weight is 345 g/mol. The summed E-state index contributed by atoms with van der Waals surface area (Å²) in [5.74, 6) is -0.902. The van der Waals surface area contributed by atoms with Crippen LogP contribution in [0.4, 0.5) is 5.69 Å². The summed E-state index contributed by atoms with van der Waals surface area (Å²) in [6.07, 6.45) is 0. The topological polar surface area (TPSA) is 86.5 Å². The van der Waals surface area contributed by atoms with Crippen LogP contribution in [0.15, 0.2) is 53.4 Å². The van der Waals surface area contributed by atoms with Gasteiger partial charge in [0.15, 0.2) is 6.61 Å². The fraction of sp³-hybridized carbons (Fsp3) is 0.176. The molecular weight excluding hydrogens is 330 g/mol. The van der Waals surface area contributed by atoms with E-state index in [4.69, 9.17) is 4.74 Å².